The largest absolute Gasteiger partial charge is 0.379 e. The highest BCUT2D eigenvalue weighted by atomic mass is 19.1. The standard InChI is InChI=1S/C21H19FN4O2/c1-21(13-19(25-28-21)17-8-2-3-9-18(17)22)20(27)24-16-7-4-6-15(12-16)14-26-11-5-10-23-26/h2-12H,13-14H2,1H3,(H,24,27)/t21-/m1/s1. The van der Waals surface area contributed by atoms with Crippen molar-refractivity contribution in [2.75, 3.05) is 5.32 Å². The van der Waals surface area contributed by atoms with Crippen LogP contribution in [-0.2, 0) is 16.2 Å². The molecule has 142 valence electrons. The van der Waals surface area contributed by atoms with Gasteiger partial charge in [0.15, 0.2) is 0 Å². The van der Waals surface area contributed by atoms with E-state index < -0.39 is 5.60 Å². The van der Waals surface area contributed by atoms with Gasteiger partial charge < -0.3 is 10.2 Å². The molecular weight excluding hydrogens is 359 g/mol. The summed E-state index contributed by atoms with van der Waals surface area (Å²) in [6.45, 7) is 2.25. The van der Waals surface area contributed by atoms with Crippen LogP contribution >= 0.6 is 0 Å². The van der Waals surface area contributed by atoms with E-state index in [2.05, 4.69) is 15.6 Å². The Morgan fingerprint density at radius 2 is 2.11 bits per heavy atom. The zero-order chi connectivity index (χ0) is 19.6. The number of nitrogens with zero attached hydrogens (tertiary/aromatic N) is 3. The van der Waals surface area contributed by atoms with Gasteiger partial charge in [-0.3, -0.25) is 9.48 Å². The van der Waals surface area contributed by atoms with Gasteiger partial charge in [0.25, 0.3) is 5.91 Å². The number of benzene rings is 2. The van der Waals surface area contributed by atoms with Crippen LogP contribution in [0.1, 0.15) is 24.5 Å². The van der Waals surface area contributed by atoms with E-state index in [0.29, 0.717) is 23.5 Å². The number of carbonyl (C=O) groups excluding carboxylic acids is 1. The lowest BCUT2D eigenvalue weighted by molar-refractivity contribution is -0.135. The van der Waals surface area contributed by atoms with E-state index in [1.54, 1.807) is 42.1 Å². The molecule has 0 spiro atoms. The molecule has 1 atom stereocenters. The van der Waals surface area contributed by atoms with E-state index in [-0.39, 0.29) is 18.1 Å². The van der Waals surface area contributed by atoms with Gasteiger partial charge in [-0.1, -0.05) is 35.5 Å². The first-order chi connectivity index (χ1) is 13.5. The van der Waals surface area contributed by atoms with Crippen molar-refractivity contribution in [1.82, 2.24) is 9.78 Å². The first-order valence-electron chi connectivity index (χ1n) is 8.91. The molecule has 1 aliphatic heterocycles. The second-order valence-corrected chi connectivity index (χ2v) is 6.87. The van der Waals surface area contributed by atoms with Crippen molar-refractivity contribution < 1.29 is 14.0 Å². The van der Waals surface area contributed by atoms with Crippen LogP contribution in [-0.4, -0.2) is 27.0 Å². The molecule has 4 rings (SSSR count). The van der Waals surface area contributed by atoms with Crippen LogP contribution in [0, 0.1) is 5.82 Å². The van der Waals surface area contributed by atoms with Gasteiger partial charge in [0.2, 0.25) is 5.60 Å². The molecule has 0 fully saturated rings. The average molecular weight is 378 g/mol. The van der Waals surface area contributed by atoms with Crippen LogP contribution in [0.25, 0.3) is 0 Å². The summed E-state index contributed by atoms with van der Waals surface area (Å²) < 4.78 is 15.8. The van der Waals surface area contributed by atoms with Gasteiger partial charge in [0, 0.05) is 30.1 Å². The Kier molecular flexibility index (Phi) is 4.65. The Hall–Kier alpha value is -3.48. The number of carbonyl (C=O) groups is 1. The predicted molar refractivity (Wildman–Crippen MR) is 103 cm³/mol. The first-order valence-corrected chi connectivity index (χ1v) is 8.91. The maximum atomic E-state index is 14.0. The highest BCUT2D eigenvalue weighted by molar-refractivity contribution is 6.08. The normalized spacial score (nSPS) is 18.4. The molecule has 1 aromatic heterocycles. The molecule has 2 heterocycles. The van der Waals surface area contributed by atoms with Crippen LogP contribution in [0.5, 0.6) is 0 Å². The van der Waals surface area contributed by atoms with Crippen molar-refractivity contribution in [3.05, 3.63) is 83.9 Å². The summed E-state index contributed by atoms with van der Waals surface area (Å²) in [6.07, 6.45) is 3.78. The monoisotopic (exact) mass is 378 g/mol. The number of aromatic nitrogens is 2. The number of oxime groups is 1. The summed E-state index contributed by atoms with van der Waals surface area (Å²) >= 11 is 0. The summed E-state index contributed by atoms with van der Waals surface area (Å²) in [4.78, 5) is 18.2. The maximum absolute atomic E-state index is 14.0. The minimum absolute atomic E-state index is 0.187. The van der Waals surface area contributed by atoms with Gasteiger partial charge in [0.1, 0.15) is 5.82 Å². The molecule has 1 N–H and O–H groups in total. The molecule has 28 heavy (non-hydrogen) atoms. The first kappa shape index (κ1) is 17.9. The Labute approximate surface area is 161 Å². The quantitative estimate of drug-likeness (QED) is 0.738. The van der Waals surface area contributed by atoms with Crippen LogP contribution < -0.4 is 5.32 Å². The number of halogens is 1. The third kappa shape index (κ3) is 3.64. The van der Waals surface area contributed by atoms with E-state index in [1.807, 2.05) is 30.5 Å². The summed E-state index contributed by atoms with van der Waals surface area (Å²) in [5, 5.41) is 11.0. The lowest BCUT2D eigenvalue weighted by atomic mass is 9.94. The second-order valence-electron chi connectivity index (χ2n) is 6.87. The zero-order valence-corrected chi connectivity index (χ0v) is 15.3. The molecule has 1 amide bonds. The van der Waals surface area contributed by atoms with Crippen LogP contribution in [0.2, 0.25) is 0 Å². The molecule has 3 aromatic rings. The molecule has 0 radical (unpaired) electrons. The molecule has 0 bridgehead atoms. The Balaban J connectivity index is 1.45. The summed E-state index contributed by atoms with van der Waals surface area (Å²) in [7, 11) is 0. The van der Waals surface area contributed by atoms with E-state index >= 15 is 0 Å². The Morgan fingerprint density at radius 3 is 2.89 bits per heavy atom. The molecule has 2 aromatic carbocycles. The van der Waals surface area contributed by atoms with Gasteiger partial charge in [-0.25, -0.2) is 4.39 Å². The van der Waals surface area contributed by atoms with E-state index in [0.717, 1.165) is 5.56 Å². The average Bonchev–Trinajstić information content (AvgIpc) is 3.33. The van der Waals surface area contributed by atoms with Gasteiger partial charge in [-0.15, -0.1) is 0 Å². The fourth-order valence-electron chi connectivity index (χ4n) is 3.09. The fraction of sp³-hybridized carbons (Fsp3) is 0.190. The Morgan fingerprint density at radius 1 is 1.25 bits per heavy atom. The predicted octanol–water partition coefficient (Wildman–Crippen LogP) is 3.59. The molecule has 1 aliphatic rings. The van der Waals surface area contributed by atoms with Crippen LogP contribution in [0.4, 0.5) is 10.1 Å². The van der Waals surface area contributed by atoms with Crippen LogP contribution in [0.15, 0.2) is 72.1 Å². The van der Waals surface area contributed by atoms with Gasteiger partial charge in [-0.2, -0.15) is 5.10 Å². The molecule has 0 unspecified atom stereocenters. The molecule has 0 saturated carbocycles. The smallest absolute Gasteiger partial charge is 0.271 e. The number of hydrogen-bond donors (Lipinski definition) is 1. The van der Waals surface area contributed by atoms with Gasteiger partial charge >= 0.3 is 0 Å². The lowest BCUT2D eigenvalue weighted by Gasteiger charge is -2.20. The van der Waals surface area contributed by atoms with Crippen molar-refractivity contribution in [2.24, 2.45) is 5.16 Å². The van der Waals surface area contributed by atoms with E-state index in [9.17, 15) is 9.18 Å². The minimum atomic E-state index is -1.20. The van der Waals surface area contributed by atoms with E-state index in [4.69, 9.17) is 4.84 Å². The summed E-state index contributed by atoms with van der Waals surface area (Å²) in [5.74, 6) is -0.723. The molecule has 7 heteroatoms. The van der Waals surface area contributed by atoms with Crippen LogP contribution in [0.3, 0.4) is 0 Å². The molecule has 6 nitrogen and oxygen atoms in total. The molecule has 0 saturated heterocycles. The number of anilines is 1. The maximum Gasteiger partial charge on any atom is 0.271 e. The number of hydrogen-bond acceptors (Lipinski definition) is 4. The summed E-state index contributed by atoms with van der Waals surface area (Å²) in [5.41, 5.74) is 1.22. The minimum Gasteiger partial charge on any atom is -0.379 e. The third-order valence-corrected chi connectivity index (χ3v) is 4.62. The summed E-state index contributed by atoms with van der Waals surface area (Å²) in [6, 6.07) is 15.7. The number of nitrogens with one attached hydrogen (secondary N) is 1. The zero-order valence-electron chi connectivity index (χ0n) is 15.3. The van der Waals surface area contributed by atoms with Crippen molar-refractivity contribution in [2.45, 2.75) is 25.5 Å². The SMILES string of the molecule is C[C@]1(C(=O)Nc2cccc(Cn3cccn3)c2)CC(c2ccccc2F)=NO1. The highest BCUT2D eigenvalue weighted by Gasteiger charge is 2.42. The van der Waals surface area contributed by atoms with Crippen molar-refractivity contribution in [3.8, 4) is 0 Å². The fourth-order valence-corrected chi connectivity index (χ4v) is 3.09. The van der Waals surface area contributed by atoms with Gasteiger partial charge in [0.05, 0.1) is 12.3 Å². The lowest BCUT2D eigenvalue weighted by Crippen LogP contribution is -2.40. The van der Waals surface area contributed by atoms with E-state index in [1.165, 1.54) is 6.07 Å². The highest BCUT2D eigenvalue weighted by Crippen LogP contribution is 2.29. The number of rotatable bonds is 5. The second kappa shape index (κ2) is 7.26. The van der Waals surface area contributed by atoms with Crippen molar-refractivity contribution in [1.29, 1.82) is 0 Å². The topological polar surface area (TPSA) is 68.5 Å². The van der Waals surface area contributed by atoms with Crippen molar-refractivity contribution in [3.63, 3.8) is 0 Å². The molecule has 0 aliphatic carbocycles. The number of amides is 1. The third-order valence-electron chi connectivity index (χ3n) is 4.62. The van der Waals surface area contributed by atoms with Gasteiger partial charge in [-0.05, 0) is 36.8 Å². The molecular formula is C21H19FN4O2. The van der Waals surface area contributed by atoms with Crippen molar-refractivity contribution >= 4 is 17.3 Å². The Bertz CT molecular complexity index is 1030.